The average Bonchev–Trinajstić information content (AvgIpc) is 2.44. The molecule has 0 N–H and O–H groups in total. The monoisotopic (exact) mass is 253 g/mol. The molecule has 0 aliphatic carbocycles. The number of carbonyl (C=O) groups excluding carboxylic acids is 2. The van der Waals surface area contributed by atoms with Crippen LogP contribution >= 0.6 is 15.9 Å². The Hall–Kier alpha value is -1.16. The van der Waals surface area contributed by atoms with Gasteiger partial charge in [-0.15, -0.1) is 0 Å². The van der Waals surface area contributed by atoms with Gasteiger partial charge in [0.1, 0.15) is 0 Å². The molecule has 1 heterocycles. The highest BCUT2D eigenvalue weighted by atomic mass is 79.9. The van der Waals surface area contributed by atoms with Crippen molar-refractivity contribution in [1.29, 1.82) is 0 Å². The predicted octanol–water partition coefficient (Wildman–Crippen LogP) is 1.95. The molecule has 1 aromatic rings. The Bertz CT molecular complexity index is 428. The van der Waals surface area contributed by atoms with Gasteiger partial charge in [0, 0.05) is 17.0 Å². The Balaban J connectivity index is 2.46. The fourth-order valence-electron chi connectivity index (χ4n) is 1.53. The third-order valence-corrected chi connectivity index (χ3v) is 2.75. The van der Waals surface area contributed by atoms with Gasteiger partial charge in [0.15, 0.2) is 0 Å². The normalized spacial score (nSPS) is 14.4. The van der Waals surface area contributed by atoms with Crippen molar-refractivity contribution in [3.8, 4) is 0 Å². The summed E-state index contributed by atoms with van der Waals surface area (Å²) in [5.74, 6) is -0.406. The van der Waals surface area contributed by atoms with Crippen molar-refractivity contribution in [2.24, 2.45) is 0 Å². The topological polar surface area (TPSA) is 37.4 Å². The van der Waals surface area contributed by atoms with Crippen LogP contribution in [0, 0.1) is 0 Å². The molecular formula is C10H8BrNO2. The lowest BCUT2D eigenvalue weighted by Crippen LogP contribution is -2.28. The Morgan fingerprint density at radius 3 is 2.86 bits per heavy atom. The second-order valence-corrected chi connectivity index (χ2v) is 4.13. The Morgan fingerprint density at radius 1 is 1.50 bits per heavy atom. The lowest BCUT2D eigenvalue weighted by atomic mass is 10.1. The van der Waals surface area contributed by atoms with Gasteiger partial charge in [-0.05, 0) is 17.7 Å². The summed E-state index contributed by atoms with van der Waals surface area (Å²) in [4.78, 5) is 24.0. The molecule has 0 atom stereocenters. The minimum Gasteiger partial charge on any atom is -0.275 e. The quantitative estimate of drug-likeness (QED) is 0.709. The fourth-order valence-corrected chi connectivity index (χ4v) is 1.89. The number of amides is 2. The molecule has 0 unspecified atom stereocenters. The summed E-state index contributed by atoms with van der Waals surface area (Å²) in [6.07, 6.45) is 0. The van der Waals surface area contributed by atoms with Gasteiger partial charge in [0.25, 0.3) is 5.91 Å². The molecule has 1 aliphatic rings. The van der Waals surface area contributed by atoms with Gasteiger partial charge in [-0.2, -0.15) is 0 Å². The molecule has 2 amide bonds. The van der Waals surface area contributed by atoms with Crippen molar-refractivity contribution in [2.45, 2.75) is 13.5 Å². The van der Waals surface area contributed by atoms with E-state index in [1.165, 1.54) is 11.8 Å². The van der Waals surface area contributed by atoms with E-state index in [1.807, 2.05) is 12.1 Å². The zero-order valence-corrected chi connectivity index (χ0v) is 9.17. The summed E-state index contributed by atoms with van der Waals surface area (Å²) < 4.78 is 0.856. The van der Waals surface area contributed by atoms with E-state index >= 15 is 0 Å². The number of carbonyl (C=O) groups is 2. The average molecular weight is 254 g/mol. The molecule has 14 heavy (non-hydrogen) atoms. The molecule has 0 saturated heterocycles. The van der Waals surface area contributed by atoms with Gasteiger partial charge in [-0.1, -0.05) is 22.0 Å². The first-order valence-electron chi connectivity index (χ1n) is 4.20. The molecule has 4 heteroatoms. The summed E-state index contributed by atoms with van der Waals surface area (Å²) in [7, 11) is 0. The first-order valence-corrected chi connectivity index (χ1v) is 5.00. The molecule has 2 rings (SSSR count). The van der Waals surface area contributed by atoms with Gasteiger partial charge < -0.3 is 0 Å². The molecule has 1 aliphatic heterocycles. The van der Waals surface area contributed by atoms with Gasteiger partial charge in [-0.3, -0.25) is 14.5 Å². The largest absolute Gasteiger partial charge is 0.275 e. The number of hydrogen-bond acceptors (Lipinski definition) is 2. The van der Waals surface area contributed by atoms with Crippen LogP contribution in [0.5, 0.6) is 0 Å². The van der Waals surface area contributed by atoms with Crippen molar-refractivity contribution >= 4 is 27.7 Å². The van der Waals surface area contributed by atoms with Crippen LogP contribution in [-0.4, -0.2) is 16.7 Å². The van der Waals surface area contributed by atoms with Crippen LogP contribution in [0.2, 0.25) is 0 Å². The van der Waals surface area contributed by atoms with Crippen molar-refractivity contribution in [3.05, 3.63) is 33.8 Å². The summed E-state index contributed by atoms with van der Waals surface area (Å²) in [6, 6.07) is 5.48. The highest BCUT2D eigenvalue weighted by molar-refractivity contribution is 9.10. The van der Waals surface area contributed by atoms with Crippen molar-refractivity contribution in [2.75, 3.05) is 0 Å². The van der Waals surface area contributed by atoms with Crippen molar-refractivity contribution < 1.29 is 9.59 Å². The molecule has 0 fully saturated rings. The minimum absolute atomic E-state index is 0.200. The second-order valence-electron chi connectivity index (χ2n) is 3.21. The highest BCUT2D eigenvalue weighted by Gasteiger charge is 2.29. The third-order valence-electron chi connectivity index (χ3n) is 2.26. The molecule has 0 aromatic heterocycles. The molecule has 72 valence electrons. The maximum atomic E-state index is 11.7. The Morgan fingerprint density at radius 2 is 2.21 bits per heavy atom. The van der Waals surface area contributed by atoms with Gasteiger partial charge in [-0.25, -0.2) is 0 Å². The van der Waals surface area contributed by atoms with Crippen LogP contribution < -0.4 is 0 Å². The van der Waals surface area contributed by atoms with Crippen LogP contribution in [0.25, 0.3) is 0 Å². The fraction of sp³-hybridized carbons (Fsp3) is 0.200. The van der Waals surface area contributed by atoms with E-state index in [9.17, 15) is 9.59 Å². The number of fused-ring (bicyclic) bond motifs is 1. The molecule has 0 saturated carbocycles. The summed E-state index contributed by atoms with van der Waals surface area (Å²) in [5, 5.41) is 0. The molecule has 3 nitrogen and oxygen atoms in total. The minimum atomic E-state index is -0.206. The summed E-state index contributed by atoms with van der Waals surface area (Å²) in [6.45, 7) is 1.80. The molecule has 1 aromatic carbocycles. The number of halogens is 1. The van der Waals surface area contributed by atoms with Crippen LogP contribution in [0.15, 0.2) is 22.7 Å². The van der Waals surface area contributed by atoms with E-state index < -0.39 is 0 Å². The van der Waals surface area contributed by atoms with Gasteiger partial charge in [0.2, 0.25) is 5.91 Å². The van der Waals surface area contributed by atoms with E-state index in [2.05, 4.69) is 15.9 Å². The van der Waals surface area contributed by atoms with Crippen LogP contribution in [-0.2, 0) is 11.3 Å². The number of rotatable bonds is 0. The maximum Gasteiger partial charge on any atom is 0.261 e. The first-order chi connectivity index (χ1) is 6.59. The summed E-state index contributed by atoms with van der Waals surface area (Å²) in [5.41, 5.74) is 1.53. The predicted molar refractivity (Wildman–Crippen MR) is 54.7 cm³/mol. The number of imide groups is 1. The van der Waals surface area contributed by atoms with Gasteiger partial charge in [0.05, 0.1) is 6.54 Å². The zero-order valence-electron chi connectivity index (χ0n) is 7.58. The Labute approximate surface area is 89.8 Å². The van der Waals surface area contributed by atoms with Crippen LogP contribution in [0.1, 0.15) is 22.8 Å². The lowest BCUT2D eigenvalue weighted by molar-refractivity contribution is -0.126. The van der Waals surface area contributed by atoms with E-state index in [0.29, 0.717) is 12.1 Å². The SMILES string of the molecule is CC(=O)N1Cc2ccc(Br)cc2C1=O. The smallest absolute Gasteiger partial charge is 0.261 e. The van der Waals surface area contributed by atoms with Crippen molar-refractivity contribution in [1.82, 2.24) is 4.90 Å². The zero-order chi connectivity index (χ0) is 10.3. The van der Waals surface area contributed by atoms with E-state index in [0.717, 1.165) is 10.0 Å². The number of hydrogen-bond donors (Lipinski definition) is 0. The van der Waals surface area contributed by atoms with E-state index in [1.54, 1.807) is 6.07 Å². The third kappa shape index (κ3) is 1.35. The van der Waals surface area contributed by atoms with Gasteiger partial charge >= 0.3 is 0 Å². The standard InChI is InChI=1S/C10H8BrNO2/c1-6(13)12-5-7-2-3-8(11)4-9(7)10(12)14/h2-4H,5H2,1H3. The van der Waals surface area contributed by atoms with Crippen LogP contribution in [0.4, 0.5) is 0 Å². The summed E-state index contributed by atoms with van der Waals surface area (Å²) >= 11 is 3.29. The number of nitrogens with zero attached hydrogens (tertiary/aromatic N) is 1. The molecule has 0 spiro atoms. The maximum absolute atomic E-state index is 11.7. The molecule has 0 bridgehead atoms. The molecular weight excluding hydrogens is 246 g/mol. The first kappa shape index (κ1) is 9.40. The highest BCUT2D eigenvalue weighted by Crippen LogP contribution is 2.25. The number of benzene rings is 1. The van der Waals surface area contributed by atoms with E-state index in [4.69, 9.17) is 0 Å². The van der Waals surface area contributed by atoms with Crippen molar-refractivity contribution in [3.63, 3.8) is 0 Å². The lowest BCUT2D eigenvalue weighted by Gasteiger charge is -2.08. The van der Waals surface area contributed by atoms with E-state index in [-0.39, 0.29) is 11.8 Å². The Kier molecular flexibility index (Phi) is 2.15. The second kappa shape index (κ2) is 3.20. The molecule has 0 radical (unpaired) electrons. The van der Waals surface area contributed by atoms with Crippen LogP contribution in [0.3, 0.4) is 0 Å².